The van der Waals surface area contributed by atoms with Crippen LogP contribution >= 0.6 is 0 Å². The summed E-state index contributed by atoms with van der Waals surface area (Å²) in [4.78, 5) is 25.4. The van der Waals surface area contributed by atoms with Crippen LogP contribution in [0.1, 0.15) is 39.5 Å². The van der Waals surface area contributed by atoms with Crippen LogP contribution < -0.4 is 0 Å². The molecule has 1 saturated carbocycles. The first-order valence-corrected chi connectivity index (χ1v) is 6.54. The van der Waals surface area contributed by atoms with Crippen LogP contribution in [0.25, 0.3) is 0 Å². The molecule has 17 heavy (non-hydrogen) atoms. The van der Waals surface area contributed by atoms with Gasteiger partial charge in [0, 0.05) is 12.6 Å². The third-order valence-corrected chi connectivity index (χ3v) is 4.22. The number of carboxylic acids is 1. The molecule has 4 heteroatoms. The summed E-state index contributed by atoms with van der Waals surface area (Å²) in [7, 11) is 0. The minimum Gasteiger partial charge on any atom is -0.481 e. The average Bonchev–Trinajstić information content (AvgIpc) is 2.83. The molecule has 0 radical (unpaired) electrons. The molecule has 2 aliphatic rings. The molecule has 0 aromatic carbocycles. The van der Waals surface area contributed by atoms with Gasteiger partial charge < -0.3 is 10.0 Å². The Balaban J connectivity index is 2.07. The number of hydrogen-bond donors (Lipinski definition) is 1. The van der Waals surface area contributed by atoms with Crippen molar-refractivity contribution in [3.8, 4) is 0 Å². The van der Waals surface area contributed by atoms with Gasteiger partial charge in [0.2, 0.25) is 5.91 Å². The van der Waals surface area contributed by atoms with Gasteiger partial charge in [-0.25, -0.2) is 0 Å². The van der Waals surface area contributed by atoms with Crippen molar-refractivity contribution in [1.82, 2.24) is 4.90 Å². The number of amides is 1. The number of likely N-dealkylation sites (tertiary alicyclic amines) is 1. The highest BCUT2D eigenvalue weighted by Crippen LogP contribution is 2.35. The van der Waals surface area contributed by atoms with Crippen LogP contribution in [-0.4, -0.2) is 34.5 Å². The minimum absolute atomic E-state index is 0.0757. The molecule has 1 saturated heterocycles. The van der Waals surface area contributed by atoms with E-state index in [1.54, 1.807) is 0 Å². The number of hydrogen-bond acceptors (Lipinski definition) is 2. The van der Waals surface area contributed by atoms with Crippen molar-refractivity contribution in [3.63, 3.8) is 0 Å². The highest BCUT2D eigenvalue weighted by Gasteiger charge is 2.42. The maximum atomic E-state index is 12.4. The summed E-state index contributed by atoms with van der Waals surface area (Å²) in [6.07, 6.45) is 3.30. The van der Waals surface area contributed by atoms with Gasteiger partial charge in [0.1, 0.15) is 0 Å². The number of carboxylic acid groups (broad SMARTS) is 1. The predicted octanol–water partition coefficient (Wildman–Crippen LogP) is 1.74. The molecule has 4 unspecified atom stereocenters. The maximum absolute atomic E-state index is 12.4. The molecule has 1 aliphatic carbocycles. The van der Waals surface area contributed by atoms with Gasteiger partial charge in [-0.3, -0.25) is 9.59 Å². The topological polar surface area (TPSA) is 57.6 Å². The molecule has 4 atom stereocenters. The van der Waals surface area contributed by atoms with E-state index in [2.05, 4.69) is 13.8 Å². The second-order valence-electron chi connectivity index (χ2n) is 5.66. The van der Waals surface area contributed by atoms with Crippen LogP contribution in [0.5, 0.6) is 0 Å². The lowest BCUT2D eigenvalue weighted by Gasteiger charge is -2.26. The van der Waals surface area contributed by atoms with Gasteiger partial charge in [-0.2, -0.15) is 0 Å². The van der Waals surface area contributed by atoms with Crippen LogP contribution in [0, 0.1) is 17.8 Å². The molecule has 4 nitrogen and oxygen atoms in total. The zero-order valence-electron chi connectivity index (χ0n) is 10.6. The van der Waals surface area contributed by atoms with E-state index in [1.807, 2.05) is 4.90 Å². The number of carbonyl (C=O) groups excluding carboxylic acids is 1. The monoisotopic (exact) mass is 239 g/mol. The van der Waals surface area contributed by atoms with E-state index in [4.69, 9.17) is 5.11 Å². The Bertz CT molecular complexity index is 329. The van der Waals surface area contributed by atoms with E-state index in [0.29, 0.717) is 12.3 Å². The number of carbonyl (C=O) groups is 2. The molecule has 0 aromatic rings. The average molecular weight is 239 g/mol. The number of aliphatic carboxylic acids is 1. The predicted molar refractivity (Wildman–Crippen MR) is 63.4 cm³/mol. The molecule has 1 N–H and O–H groups in total. The Hall–Kier alpha value is -1.06. The Morgan fingerprint density at radius 1 is 1.18 bits per heavy atom. The highest BCUT2D eigenvalue weighted by atomic mass is 16.4. The lowest BCUT2D eigenvalue weighted by molar-refractivity contribution is -0.149. The molecule has 0 bridgehead atoms. The second-order valence-corrected chi connectivity index (χ2v) is 5.66. The van der Waals surface area contributed by atoms with E-state index >= 15 is 0 Å². The van der Waals surface area contributed by atoms with E-state index in [-0.39, 0.29) is 17.9 Å². The molecule has 1 aliphatic heterocycles. The van der Waals surface area contributed by atoms with Gasteiger partial charge in [0.15, 0.2) is 0 Å². The summed E-state index contributed by atoms with van der Waals surface area (Å²) in [5.74, 6) is -0.919. The Kier molecular flexibility index (Phi) is 3.40. The van der Waals surface area contributed by atoms with Crippen molar-refractivity contribution < 1.29 is 14.7 Å². The molecule has 1 heterocycles. The molecule has 96 valence electrons. The third kappa shape index (κ3) is 2.31. The van der Waals surface area contributed by atoms with Crippen LogP contribution in [0.2, 0.25) is 0 Å². The largest absolute Gasteiger partial charge is 0.481 e. The fourth-order valence-corrected chi connectivity index (χ4v) is 3.37. The highest BCUT2D eigenvalue weighted by molar-refractivity contribution is 5.85. The fourth-order valence-electron chi connectivity index (χ4n) is 3.37. The van der Waals surface area contributed by atoms with Crippen LogP contribution in [-0.2, 0) is 9.59 Å². The van der Waals surface area contributed by atoms with Crippen molar-refractivity contribution in [1.29, 1.82) is 0 Å². The van der Waals surface area contributed by atoms with Crippen LogP contribution in [0.15, 0.2) is 0 Å². The van der Waals surface area contributed by atoms with E-state index in [1.165, 1.54) is 0 Å². The SMILES string of the molecule is CC1CC(C)N(C(=O)C2CCCC2C(=O)O)C1. The molecular formula is C13H21NO3. The zero-order valence-corrected chi connectivity index (χ0v) is 10.6. The molecule has 2 fully saturated rings. The van der Waals surface area contributed by atoms with Crippen molar-refractivity contribution in [2.24, 2.45) is 17.8 Å². The smallest absolute Gasteiger partial charge is 0.307 e. The number of rotatable bonds is 2. The summed E-state index contributed by atoms with van der Waals surface area (Å²) in [6, 6.07) is 0.271. The van der Waals surface area contributed by atoms with Crippen molar-refractivity contribution in [3.05, 3.63) is 0 Å². The molecule has 2 rings (SSSR count). The summed E-state index contributed by atoms with van der Waals surface area (Å²) in [5.41, 5.74) is 0. The van der Waals surface area contributed by atoms with Crippen LogP contribution in [0.4, 0.5) is 0 Å². The van der Waals surface area contributed by atoms with Gasteiger partial charge in [-0.1, -0.05) is 13.3 Å². The Morgan fingerprint density at radius 2 is 1.82 bits per heavy atom. The summed E-state index contributed by atoms with van der Waals surface area (Å²) in [5, 5.41) is 9.12. The first-order chi connectivity index (χ1) is 8.00. The standard InChI is InChI=1S/C13H21NO3/c1-8-6-9(2)14(7-8)12(15)10-4-3-5-11(10)13(16)17/h8-11H,3-7H2,1-2H3,(H,16,17). The van der Waals surface area contributed by atoms with Gasteiger partial charge in [0.05, 0.1) is 11.8 Å². The number of nitrogens with zero attached hydrogens (tertiary/aromatic N) is 1. The summed E-state index contributed by atoms with van der Waals surface area (Å²) < 4.78 is 0. The summed E-state index contributed by atoms with van der Waals surface area (Å²) in [6.45, 7) is 5.00. The first-order valence-electron chi connectivity index (χ1n) is 6.54. The van der Waals surface area contributed by atoms with E-state index < -0.39 is 11.9 Å². The lowest BCUT2D eigenvalue weighted by atomic mass is 9.94. The van der Waals surface area contributed by atoms with Gasteiger partial charge in [0.25, 0.3) is 0 Å². The first kappa shape index (κ1) is 12.4. The van der Waals surface area contributed by atoms with Crippen molar-refractivity contribution >= 4 is 11.9 Å². The van der Waals surface area contributed by atoms with E-state index in [0.717, 1.165) is 25.8 Å². The summed E-state index contributed by atoms with van der Waals surface area (Å²) >= 11 is 0. The van der Waals surface area contributed by atoms with Crippen molar-refractivity contribution in [2.45, 2.75) is 45.6 Å². The third-order valence-electron chi connectivity index (χ3n) is 4.22. The van der Waals surface area contributed by atoms with E-state index in [9.17, 15) is 9.59 Å². The quantitative estimate of drug-likeness (QED) is 0.798. The zero-order chi connectivity index (χ0) is 12.6. The fraction of sp³-hybridized carbons (Fsp3) is 0.846. The second kappa shape index (κ2) is 4.67. The minimum atomic E-state index is -0.805. The Morgan fingerprint density at radius 3 is 2.35 bits per heavy atom. The Labute approximate surface area is 102 Å². The van der Waals surface area contributed by atoms with Gasteiger partial charge in [-0.05, 0) is 32.1 Å². The van der Waals surface area contributed by atoms with Crippen LogP contribution in [0.3, 0.4) is 0 Å². The molecule has 0 spiro atoms. The molecular weight excluding hydrogens is 218 g/mol. The maximum Gasteiger partial charge on any atom is 0.307 e. The van der Waals surface area contributed by atoms with Crippen molar-refractivity contribution in [2.75, 3.05) is 6.54 Å². The van der Waals surface area contributed by atoms with Gasteiger partial charge >= 0.3 is 5.97 Å². The normalized spacial score (nSPS) is 37.4. The lowest BCUT2D eigenvalue weighted by Crippen LogP contribution is -2.41. The van der Waals surface area contributed by atoms with Gasteiger partial charge in [-0.15, -0.1) is 0 Å². The molecule has 0 aromatic heterocycles. The molecule has 1 amide bonds.